The Bertz CT molecular complexity index is 2230. The Morgan fingerprint density at radius 3 is 2.35 bits per heavy atom. The Hall–Kier alpha value is -6.11. The molecule has 2 aliphatic rings. The van der Waals surface area contributed by atoms with Crippen LogP contribution in [-0.4, -0.2) is 109 Å². The van der Waals surface area contributed by atoms with Crippen LogP contribution >= 0.6 is 12.4 Å². The van der Waals surface area contributed by atoms with Crippen molar-refractivity contribution < 1.29 is 25.2 Å². The van der Waals surface area contributed by atoms with Gasteiger partial charge >= 0.3 is 6.03 Å². The summed E-state index contributed by atoms with van der Waals surface area (Å²) in [6, 6.07) is 16.0. The average Bonchev–Trinajstić information content (AvgIpc) is 4.03. The molecule has 4 aromatic heterocycles. The molecular weight excluding hydrogens is 754 g/mol. The van der Waals surface area contributed by atoms with Gasteiger partial charge in [0.2, 0.25) is 5.95 Å². The van der Waals surface area contributed by atoms with Gasteiger partial charge in [-0.3, -0.25) is 4.98 Å². The molecule has 5 atom stereocenters. The lowest BCUT2D eigenvalue weighted by molar-refractivity contribution is 0.00473. The zero-order chi connectivity index (χ0) is 38.8. The number of halogens is 1. The SMILES string of the molecule is CCc1nnn([C@H]2C[C@@H](n3cnc4c(NCC(c5ccc(O)cc5)c5ccc(O)cc5)nc(N5CC[C@@H](NC(=O)NCc6cccnc6)C5)nc43)[C@H](O)[C@@H]2O)n1.Cl. The lowest BCUT2D eigenvalue weighted by Gasteiger charge is -2.22. The van der Waals surface area contributed by atoms with Gasteiger partial charge in [-0.25, -0.2) is 9.78 Å². The van der Waals surface area contributed by atoms with E-state index in [0.717, 1.165) is 16.7 Å². The number of aliphatic hydroxyl groups is 2. The maximum atomic E-state index is 12.8. The Labute approximate surface area is 333 Å². The molecule has 0 radical (unpaired) electrons. The number of phenols is 2. The number of hydrogen-bond donors (Lipinski definition) is 7. The Kier molecular flexibility index (Phi) is 11.6. The number of aryl methyl sites for hydroxylation is 1. The molecule has 2 fully saturated rings. The first-order chi connectivity index (χ1) is 27.2. The number of carbonyl (C=O) groups is 1. The predicted octanol–water partition coefficient (Wildman–Crippen LogP) is 2.83. The predicted molar refractivity (Wildman–Crippen MR) is 211 cm³/mol. The van der Waals surface area contributed by atoms with Gasteiger partial charge in [0.1, 0.15) is 29.7 Å². The number of carbonyl (C=O) groups excluding carboxylic acids is 1. The number of nitrogens with zero attached hydrogens (tertiary/aromatic N) is 10. The highest BCUT2D eigenvalue weighted by atomic mass is 35.5. The van der Waals surface area contributed by atoms with Crippen LogP contribution in [0.3, 0.4) is 0 Å². The second-order valence-corrected chi connectivity index (χ2v) is 14.2. The third-order valence-electron chi connectivity index (χ3n) is 10.5. The number of aromatic hydroxyl groups is 2. The molecule has 8 rings (SSSR count). The smallest absolute Gasteiger partial charge is 0.315 e. The van der Waals surface area contributed by atoms with Crippen molar-refractivity contribution in [3.8, 4) is 11.5 Å². The van der Waals surface area contributed by atoms with Gasteiger partial charge in [0.05, 0.1) is 12.4 Å². The second-order valence-electron chi connectivity index (χ2n) is 14.2. The number of phenolic OH excluding ortho intramolecular Hbond substituents is 2. The normalized spacial score (nSPS) is 20.5. The Morgan fingerprint density at radius 2 is 1.68 bits per heavy atom. The van der Waals surface area contributed by atoms with E-state index in [1.807, 2.05) is 48.2 Å². The number of rotatable bonds is 12. The van der Waals surface area contributed by atoms with E-state index in [9.17, 15) is 25.2 Å². The van der Waals surface area contributed by atoms with Crippen LogP contribution in [0.15, 0.2) is 79.4 Å². The molecule has 19 heteroatoms. The monoisotopic (exact) mass is 797 g/mol. The van der Waals surface area contributed by atoms with Gasteiger partial charge in [-0.2, -0.15) is 14.8 Å². The number of benzene rings is 2. The van der Waals surface area contributed by atoms with Gasteiger partial charge < -0.3 is 45.8 Å². The van der Waals surface area contributed by atoms with E-state index >= 15 is 0 Å². The summed E-state index contributed by atoms with van der Waals surface area (Å²) in [5.41, 5.74) is 3.65. The Morgan fingerprint density at radius 1 is 0.965 bits per heavy atom. The van der Waals surface area contributed by atoms with Crippen LogP contribution in [-0.2, 0) is 13.0 Å². The third-order valence-corrected chi connectivity index (χ3v) is 10.5. The van der Waals surface area contributed by atoms with E-state index in [4.69, 9.17) is 15.0 Å². The third kappa shape index (κ3) is 8.37. The van der Waals surface area contributed by atoms with Crippen LogP contribution in [0.2, 0.25) is 0 Å². The molecule has 2 amide bonds. The van der Waals surface area contributed by atoms with Gasteiger partial charge in [0.25, 0.3) is 0 Å². The molecule has 0 spiro atoms. The van der Waals surface area contributed by atoms with Crippen LogP contribution in [0, 0.1) is 0 Å². The minimum Gasteiger partial charge on any atom is -0.508 e. The van der Waals surface area contributed by atoms with E-state index in [-0.39, 0.29) is 41.9 Å². The molecule has 1 aliphatic heterocycles. The maximum Gasteiger partial charge on any atom is 0.315 e. The minimum absolute atomic E-state index is 0. The molecule has 1 saturated heterocycles. The number of tetrazole rings is 1. The minimum atomic E-state index is -1.18. The number of aliphatic hydroxyl groups excluding tert-OH is 2. The molecule has 5 heterocycles. The quantitative estimate of drug-likeness (QED) is 0.0944. The first-order valence-electron chi connectivity index (χ1n) is 18.6. The summed E-state index contributed by atoms with van der Waals surface area (Å²) in [7, 11) is 0. The summed E-state index contributed by atoms with van der Waals surface area (Å²) >= 11 is 0. The second kappa shape index (κ2) is 16.9. The standard InChI is InChI=1S/C38H43N13O5.ClH/c1-2-31-46-48-51(47-31)30-16-29(33(54)34(30)55)50-21-42-32-35(40-19-28(23-5-9-26(52)10-6-23)24-7-11-27(53)12-8-24)44-37(45-36(32)50)49-15-13-25(20-49)43-38(56)41-18-22-4-3-14-39-17-22;/h3-12,14,17,21,25,28-30,33-34,52-55H,2,13,15-16,18-20H2,1H3,(H,40,44,45)(H2,41,43,56);1H/t25-,29-,30+,33+,34-;/m1./s1. The molecule has 6 aromatic rings. The van der Waals surface area contributed by atoms with Crippen molar-refractivity contribution in [2.75, 3.05) is 29.9 Å². The van der Waals surface area contributed by atoms with E-state index in [1.165, 1.54) is 4.80 Å². The molecule has 1 aliphatic carbocycles. The molecule has 298 valence electrons. The topological polar surface area (TPSA) is 237 Å². The van der Waals surface area contributed by atoms with E-state index < -0.39 is 24.3 Å². The molecule has 57 heavy (non-hydrogen) atoms. The lowest BCUT2D eigenvalue weighted by Crippen LogP contribution is -2.43. The van der Waals surface area contributed by atoms with Crippen molar-refractivity contribution in [1.29, 1.82) is 0 Å². The van der Waals surface area contributed by atoms with E-state index in [1.54, 1.807) is 47.6 Å². The van der Waals surface area contributed by atoms with Crippen LogP contribution in [0.1, 0.15) is 60.3 Å². The fraction of sp³-hybridized carbons (Fsp3) is 0.368. The van der Waals surface area contributed by atoms with Crippen LogP contribution in [0.5, 0.6) is 11.5 Å². The maximum absolute atomic E-state index is 12.8. The molecular formula is C38H44ClN13O5. The highest BCUT2D eigenvalue weighted by Gasteiger charge is 2.45. The number of imidazole rings is 1. The molecule has 0 unspecified atom stereocenters. The van der Waals surface area contributed by atoms with Gasteiger partial charge in [0.15, 0.2) is 22.8 Å². The highest BCUT2D eigenvalue weighted by Crippen LogP contribution is 2.40. The van der Waals surface area contributed by atoms with Crippen LogP contribution in [0.4, 0.5) is 16.6 Å². The number of anilines is 2. The Balaban J connectivity index is 0.00000496. The van der Waals surface area contributed by atoms with Crippen molar-refractivity contribution in [2.24, 2.45) is 0 Å². The largest absolute Gasteiger partial charge is 0.508 e. The van der Waals surface area contributed by atoms with Crippen molar-refractivity contribution in [2.45, 2.75) is 69.0 Å². The molecule has 0 bridgehead atoms. The summed E-state index contributed by atoms with van der Waals surface area (Å²) in [5.74, 6) is 1.48. The van der Waals surface area contributed by atoms with Crippen molar-refractivity contribution >= 4 is 41.4 Å². The van der Waals surface area contributed by atoms with Crippen molar-refractivity contribution in [3.05, 3.63) is 102 Å². The number of hydrogen-bond acceptors (Lipinski definition) is 14. The number of amides is 2. The van der Waals surface area contributed by atoms with Gasteiger partial charge in [-0.05, 0) is 65.1 Å². The van der Waals surface area contributed by atoms with Crippen LogP contribution < -0.4 is 20.9 Å². The number of aromatic nitrogens is 9. The fourth-order valence-corrected chi connectivity index (χ4v) is 7.46. The van der Waals surface area contributed by atoms with E-state index in [0.29, 0.717) is 74.2 Å². The number of pyridine rings is 1. The average molecular weight is 798 g/mol. The summed E-state index contributed by atoms with van der Waals surface area (Å²) < 4.78 is 1.77. The lowest BCUT2D eigenvalue weighted by atomic mass is 9.91. The van der Waals surface area contributed by atoms with Gasteiger partial charge in [-0.1, -0.05) is 37.3 Å². The van der Waals surface area contributed by atoms with Gasteiger partial charge in [-0.15, -0.1) is 22.6 Å². The van der Waals surface area contributed by atoms with Crippen molar-refractivity contribution in [3.63, 3.8) is 0 Å². The molecule has 18 nitrogen and oxygen atoms in total. The van der Waals surface area contributed by atoms with Crippen LogP contribution in [0.25, 0.3) is 11.2 Å². The summed E-state index contributed by atoms with van der Waals surface area (Å²) in [6.45, 7) is 3.65. The van der Waals surface area contributed by atoms with E-state index in [2.05, 4.69) is 36.3 Å². The summed E-state index contributed by atoms with van der Waals surface area (Å²) in [4.78, 5) is 35.0. The summed E-state index contributed by atoms with van der Waals surface area (Å²) in [5, 5.41) is 64.7. The van der Waals surface area contributed by atoms with Gasteiger partial charge in [0, 0.05) is 57.0 Å². The zero-order valence-electron chi connectivity index (χ0n) is 31.0. The number of nitrogens with one attached hydrogen (secondary N) is 3. The summed E-state index contributed by atoms with van der Waals surface area (Å²) in [6.07, 6.45) is 4.18. The number of urea groups is 1. The highest BCUT2D eigenvalue weighted by molar-refractivity contribution is 5.85. The first-order valence-corrected chi connectivity index (χ1v) is 18.6. The number of fused-ring (bicyclic) bond motifs is 1. The van der Waals surface area contributed by atoms with Crippen molar-refractivity contribution in [1.82, 2.24) is 55.3 Å². The molecule has 1 saturated carbocycles. The molecule has 7 N–H and O–H groups in total. The zero-order valence-corrected chi connectivity index (χ0v) is 31.8. The first kappa shape index (κ1) is 39.1. The fourth-order valence-electron chi connectivity index (χ4n) is 7.46. The molecule has 2 aromatic carbocycles.